The number of amides is 2. The molecule has 3 aromatic rings. The van der Waals surface area contributed by atoms with Crippen molar-refractivity contribution in [1.82, 2.24) is 14.0 Å². The van der Waals surface area contributed by atoms with Gasteiger partial charge in [-0.25, -0.2) is 4.79 Å². The molecule has 30 heavy (non-hydrogen) atoms. The van der Waals surface area contributed by atoms with E-state index in [-0.39, 0.29) is 31.0 Å². The van der Waals surface area contributed by atoms with E-state index in [9.17, 15) is 19.2 Å². The predicted molar refractivity (Wildman–Crippen MR) is 109 cm³/mol. The zero-order valence-corrected chi connectivity index (χ0v) is 16.7. The molecule has 154 valence electrons. The quantitative estimate of drug-likeness (QED) is 0.477. The second-order valence-electron chi connectivity index (χ2n) is 7.30. The summed E-state index contributed by atoms with van der Waals surface area (Å²) in [6, 6.07) is 11.2. The molecule has 0 radical (unpaired) electrons. The lowest BCUT2D eigenvalue weighted by atomic mass is 10.0. The van der Waals surface area contributed by atoms with Crippen LogP contribution >= 0.6 is 0 Å². The van der Waals surface area contributed by atoms with Crippen LogP contribution in [0.25, 0.3) is 11.0 Å². The minimum Gasteiger partial charge on any atom is -0.497 e. The van der Waals surface area contributed by atoms with Crippen molar-refractivity contribution in [2.75, 3.05) is 7.11 Å². The van der Waals surface area contributed by atoms with Crippen LogP contribution < -0.4 is 10.4 Å². The molecule has 2 amide bonds. The number of methoxy groups -OCH3 is 1. The molecule has 4 rings (SSSR count). The smallest absolute Gasteiger partial charge is 0.329 e. The van der Waals surface area contributed by atoms with Crippen molar-refractivity contribution in [2.24, 2.45) is 7.05 Å². The molecule has 2 aromatic carbocycles. The number of aryl methyl sites for hydroxylation is 1. The van der Waals surface area contributed by atoms with Crippen LogP contribution in [0.15, 0.2) is 47.3 Å². The van der Waals surface area contributed by atoms with E-state index in [1.54, 1.807) is 56.6 Å². The van der Waals surface area contributed by atoms with Crippen molar-refractivity contribution in [3.63, 3.8) is 0 Å². The first-order chi connectivity index (χ1) is 14.4. The third-order valence-electron chi connectivity index (χ3n) is 5.54. The first kappa shape index (κ1) is 19.6. The van der Waals surface area contributed by atoms with Gasteiger partial charge in [0.2, 0.25) is 5.91 Å². The molecule has 1 aliphatic heterocycles. The van der Waals surface area contributed by atoms with E-state index in [2.05, 4.69) is 0 Å². The van der Waals surface area contributed by atoms with Gasteiger partial charge in [-0.3, -0.25) is 28.4 Å². The molecule has 0 aliphatic carbocycles. The van der Waals surface area contributed by atoms with Gasteiger partial charge < -0.3 is 4.74 Å². The van der Waals surface area contributed by atoms with E-state index in [1.165, 1.54) is 14.0 Å². The lowest BCUT2D eigenvalue weighted by Gasteiger charge is -2.31. The fourth-order valence-corrected chi connectivity index (χ4v) is 3.90. The van der Waals surface area contributed by atoms with Crippen molar-refractivity contribution in [3.8, 4) is 5.75 Å². The molecule has 0 spiro atoms. The third kappa shape index (κ3) is 3.20. The van der Waals surface area contributed by atoms with Gasteiger partial charge in [-0.15, -0.1) is 0 Å². The number of hydrogen-bond donors (Lipinski definition) is 0. The van der Waals surface area contributed by atoms with Crippen LogP contribution in [-0.2, 0) is 23.2 Å². The summed E-state index contributed by atoms with van der Waals surface area (Å²) in [6.07, 6.45) is 1.09. The monoisotopic (exact) mass is 407 g/mol. The summed E-state index contributed by atoms with van der Waals surface area (Å²) >= 11 is 0. The van der Waals surface area contributed by atoms with Crippen molar-refractivity contribution in [3.05, 3.63) is 64.1 Å². The number of imide groups is 1. The Morgan fingerprint density at radius 2 is 1.80 bits per heavy atom. The molecule has 1 aliphatic rings. The first-order valence-electron chi connectivity index (χ1n) is 9.58. The Morgan fingerprint density at radius 3 is 2.47 bits per heavy atom. The molecule has 0 bridgehead atoms. The van der Waals surface area contributed by atoms with Crippen LogP contribution in [0, 0.1) is 0 Å². The fraction of sp³-hybridized carbons (Fsp3) is 0.273. The van der Waals surface area contributed by atoms with Gasteiger partial charge in [-0.05, 0) is 42.3 Å². The molecule has 8 heteroatoms. The fourth-order valence-electron chi connectivity index (χ4n) is 3.90. The van der Waals surface area contributed by atoms with Gasteiger partial charge >= 0.3 is 5.69 Å². The molecule has 1 fully saturated rings. The molecule has 1 saturated heterocycles. The molecule has 0 N–H and O–H groups in total. The van der Waals surface area contributed by atoms with Crippen molar-refractivity contribution < 1.29 is 19.1 Å². The van der Waals surface area contributed by atoms with Gasteiger partial charge in [0.1, 0.15) is 18.1 Å². The van der Waals surface area contributed by atoms with E-state index >= 15 is 0 Å². The highest BCUT2D eigenvalue weighted by molar-refractivity contribution is 6.00. The normalized spacial score (nSPS) is 16.9. The van der Waals surface area contributed by atoms with E-state index < -0.39 is 11.9 Å². The Balaban J connectivity index is 1.72. The Morgan fingerprint density at radius 1 is 1.07 bits per heavy atom. The number of piperidine rings is 1. The number of rotatable bonds is 5. The molecule has 0 saturated carbocycles. The number of aldehydes is 1. The highest BCUT2D eigenvalue weighted by Gasteiger charge is 2.37. The number of carbonyl (C=O) groups is 3. The van der Waals surface area contributed by atoms with Crippen LogP contribution in [0.5, 0.6) is 5.75 Å². The highest BCUT2D eigenvalue weighted by Crippen LogP contribution is 2.28. The molecular formula is C22H21N3O5. The van der Waals surface area contributed by atoms with E-state index in [0.29, 0.717) is 28.6 Å². The molecule has 1 aromatic heterocycles. The Kier molecular flexibility index (Phi) is 4.99. The average molecular weight is 407 g/mol. The Bertz CT molecular complexity index is 1210. The standard InChI is InChI=1S/C22H21N3O5/c1-23-17-8-5-15(13-26)11-19(17)25(22(23)29)18-9-10-20(27)24(21(18)28)12-14-3-6-16(30-2)7-4-14/h3-8,11,13,18H,9-10,12H2,1-2H3. The van der Waals surface area contributed by atoms with Crippen molar-refractivity contribution in [1.29, 1.82) is 0 Å². The second-order valence-corrected chi connectivity index (χ2v) is 7.30. The average Bonchev–Trinajstić information content (AvgIpc) is 3.01. The minimum atomic E-state index is -0.806. The maximum absolute atomic E-state index is 13.3. The summed E-state index contributed by atoms with van der Waals surface area (Å²) in [4.78, 5) is 51.1. The van der Waals surface area contributed by atoms with Crippen molar-refractivity contribution >= 4 is 29.1 Å². The summed E-state index contributed by atoms with van der Waals surface area (Å²) in [5, 5.41) is 0. The molecule has 1 unspecified atom stereocenters. The Labute approximate surface area is 172 Å². The third-order valence-corrected chi connectivity index (χ3v) is 5.54. The van der Waals surface area contributed by atoms with E-state index in [1.807, 2.05) is 0 Å². The number of imidazole rings is 1. The lowest BCUT2D eigenvalue weighted by Crippen LogP contribution is -2.47. The SMILES string of the molecule is COc1ccc(CN2C(=O)CCC(n3c(=O)n(C)c4ccc(C=O)cc43)C2=O)cc1. The van der Waals surface area contributed by atoms with Gasteiger partial charge in [-0.1, -0.05) is 12.1 Å². The number of nitrogens with zero attached hydrogens (tertiary/aromatic N) is 3. The number of ether oxygens (including phenoxy) is 1. The van der Waals surface area contributed by atoms with Crippen LogP contribution in [0.4, 0.5) is 0 Å². The number of benzene rings is 2. The number of aromatic nitrogens is 2. The van der Waals surface area contributed by atoms with E-state index in [0.717, 1.165) is 5.56 Å². The number of likely N-dealkylation sites (tertiary alicyclic amines) is 1. The zero-order valence-electron chi connectivity index (χ0n) is 16.7. The first-order valence-corrected chi connectivity index (χ1v) is 9.58. The van der Waals surface area contributed by atoms with Crippen LogP contribution in [0.2, 0.25) is 0 Å². The molecular weight excluding hydrogens is 386 g/mol. The highest BCUT2D eigenvalue weighted by atomic mass is 16.5. The summed E-state index contributed by atoms with van der Waals surface area (Å²) < 4.78 is 7.99. The Hall–Kier alpha value is -3.68. The van der Waals surface area contributed by atoms with Gasteiger partial charge in [-0.2, -0.15) is 0 Å². The molecule has 2 heterocycles. The van der Waals surface area contributed by atoms with Gasteiger partial charge in [0.15, 0.2) is 0 Å². The van der Waals surface area contributed by atoms with Gasteiger partial charge in [0, 0.05) is 19.0 Å². The maximum atomic E-state index is 13.3. The largest absolute Gasteiger partial charge is 0.497 e. The summed E-state index contributed by atoms with van der Waals surface area (Å²) in [5.41, 5.74) is 1.97. The lowest BCUT2D eigenvalue weighted by molar-refractivity contribution is -0.151. The van der Waals surface area contributed by atoms with Crippen LogP contribution in [0.1, 0.15) is 34.8 Å². The van der Waals surface area contributed by atoms with Crippen LogP contribution in [-0.4, -0.2) is 39.2 Å². The topological polar surface area (TPSA) is 90.6 Å². The number of fused-ring (bicyclic) bond motifs is 1. The van der Waals surface area contributed by atoms with Crippen LogP contribution in [0.3, 0.4) is 0 Å². The van der Waals surface area contributed by atoms with Gasteiger partial charge in [0.25, 0.3) is 5.91 Å². The summed E-state index contributed by atoms with van der Waals surface area (Å²) in [7, 11) is 3.19. The maximum Gasteiger partial charge on any atom is 0.329 e. The zero-order chi connectivity index (χ0) is 21.4. The molecule has 8 nitrogen and oxygen atoms in total. The van der Waals surface area contributed by atoms with Gasteiger partial charge in [0.05, 0.1) is 24.7 Å². The predicted octanol–water partition coefficient (Wildman–Crippen LogP) is 2.05. The molecule has 1 atom stereocenters. The summed E-state index contributed by atoms with van der Waals surface area (Å²) in [5.74, 6) is -0.0108. The van der Waals surface area contributed by atoms with Crippen molar-refractivity contribution in [2.45, 2.75) is 25.4 Å². The van der Waals surface area contributed by atoms with E-state index in [4.69, 9.17) is 4.74 Å². The second kappa shape index (κ2) is 7.62. The number of carbonyl (C=O) groups excluding carboxylic acids is 3. The summed E-state index contributed by atoms with van der Waals surface area (Å²) in [6.45, 7) is 0.122. The number of hydrogen-bond acceptors (Lipinski definition) is 5. The minimum absolute atomic E-state index is 0.122.